The Kier molecular flexibility index (Phi) is 4.66. The molecule has 0 spiro atoms. The number of amides is 1. The van der Waals surface area contributed by atoms with Crippen LogP contribution in [0.1, 0.15) is 52.4 Å². The average molecular weight is 252 g/mol. The zero-order valence-corrected chi connectivity index (χ0v) is 12.1. The Morgan fingerprint density at radius 1 is 1.22 bits per heavy atom. The minimum absolute atomic E-state index is 0.0769. The molecule has 3 nitrogen and oxygen atoms in total. The van der Waals surface area contributed by atoms with E-state index in [9.17, 15) is 4.79 Å². The van der Waals surface area contributed by atoms with E-state index in [1.165, 1.54) is 32.1 Å². The predicted molar refractivity (Wildman–Crippen MR) is 74.4 cm³/mol. The van der Waals surface area contributed by atoms with Gasteiger partial charge in [0.1, 0.15) is 0 Å². The largest absolute Gasteiger partial charge is 0.344 e. The van der Waals surface area contributed by atoms with Gasteiger partial charge in [-0.25, -0.2) is 0 Å². The van der Waals surface area contributed by atoms with E-state index in [1.54, 1.807) is 0 Å². The van der Waals surface area contributed by atoms with E-state index in [1.807, 2.05) is 11.9 Å². The summed E-state index contributed by atoms with van der Waals surface area (Å²) in [5, 5.41) is 3.62. The highest BCUT2D eigenvalue weighted by Crippen LogP contribution is 2.32. The molecular weight excluding hydrogens is 224 g/mol. The van der Waals surface area contributed by atoms with E-state index in [-0.39, 0.29) is 6.04 Å². The smallest absolute Gasteiger partial charge is 0.239 e. The summed E-state index contributed by atoms with van der Waals surface area (Å²) in [4.78, 5) is 14.3. The summed E-state index contributed by atoms with van der Waals surface area (Å²) >= 11 is 0. The molecule has 3 atom stereocenters. The minimum Gasteiger partial charge on any atom is -0.344 e. The van der Waals surface area contributed by atoms with Crippen LogP contribution in [0.2, 0.25) is 0 Å². The van der Waals surface area contributed by atoms with Crippen molar-refractivity contribution in [2.24, 2.45) is 11.8 Å². The number of hydrogen-bond acceptors (Lipinski definition) is 2. The molecular formula is C15H28N2O. The molecule has 1 saturated heterocycles. The Hall–Kier alpha value is -0.570. The van der Waals surface area contributed by atoms with Gasteiger partial charge >= 0.3 is 0 Å². The van der Waals surface area contributed by atoms with E-state index in [4.69, 9.17) is 0 Å². The van der Waals surface area contributed by atoms with E-state index >= 15 is 0 Å². The monoisotopic (exact) mass is 252 g/mol. The first-order chi connectivity index (χ1) is 8.58. The highest BCUT2D eigenvalue weighted by molar-refractivity contribution is 5.81. The first-order valence-electron chi connectivity index (χ1n) is 7.59. The van der Waals surface area contributed by atoms with Crippen LogP contribution < -0.4 is 5.32 Å². The van der Waals surface area contributed by atoms with Crippen molar-refractivity contribution in [3.05, 3.63) is 0 Å². The summed E-state index contributed by atoms with van der Waals surface area (Å²) in [5.41, 5.74) is 0. The second kappa shape index (κ2) is 6.05. The van der Waals surface area contributed by atoms with Gasteiger partial charge in [-0.05, 0) is 37.5 Å². The number of carbonyl (C=O) groups is 1. The molecule has 1 N–H and O–H groups in total. The van der Waals surface area contributed by atoms with Crippen molar-refractivity contribution in [2.45, 2.75) is 64.5 Å². The summed E-state index contributed by atoms with van der Waals surface area (Å²) in [6, 6.07) is 0.682. The highest BCUT2D eigenvalue weighted by atomic mass is 16.2. The molecule has 104 valence electrons. The lowest BCUT2D eigenvalue weighted by atomic mass is 9.77. The topological polar surface area (TPSA) is 32.3 Å². The SMILES string of the molecule is CC(C)CN(C)C(=O)C1CCC2CCCCC2N1. The molecule has 18 heavy (non-hydrogen) atoms. The fourth-order valence-corrected chi connectivity index (χ4v) is 3.59. The number of nitrogens with zero attached hydrogens (tertiary/aromatic N) is 1. The highest BCUT2D eigenvalue weighted by Gasteiger charge is 2.35. The Morgan fingerprint density at radius 3 is 2.67 bits per heavy atom. The van der Waals surface area contributed by atoms with E-state index < -0.39 is 0 Å². The third-order valence-corrected chi connectivity index (χ3v) is 4.46. The third-order valence-electron chi connectivity index (χ3n) is 4.46. The summed E-state index contributed by atoms with van der Waals surface area (Å²) < 4.78 is 0. The maximum atomic E-state index is 12.4. The van der Waals surface area contributed by atoms with Crippen LogP contribution in [0.4, 0.5) is 0 Å². The maximum Gasteiger partial charge on any atom is 0.239 e. The molecule has 3 heteroatoms. The van der Waals surface area contributed by atoms with Gasteiger partial charge in [-0.15, -0.1) is 0 Å². The molecule has 2 aliphatic rings. The summed E-state index contributed by atoms with van der Waals surface area (Å²) in [7, 11) is 1.94. The quantitative estimate of drug-likeness (QED) is 0.836. The molecule has 0 aromatic carbocycles. The molecule has 0 radical (unpaired) electrons. The van der Waals surface area contributed by atoms with Gasteiger partial charge in [0.05, 0.1) is 6.04 Å². The molecule has 2 fully saturated rings. The van der Waals surface area contributed by atoms with Gasteiger partial charge in [0.25, 0.3) is 0 Å². The van der Waals surface area contributed by atoms with E-state index in [0.717, 1.165) is 18.9 Å². The Labute approximate surface area is 111 Å². The van der Waals surface area contributed by atoms with Gasteiger partial charge in [0.2, 0.25) is 5.91 Å². The van der Waals surface area contributed by atoms with Crippen LogP contribution in [-0.2, 0) is 4.79 Å². The molecule has 2 rings (SSSR count). The fraction of sp³-hybridized carbons (Fsp3) is 0.933. The Balaban J connectivity index is 1.88. The van der Waals surface area contributed by atoms with Crippen molar-refractivity contribution >= 4 is 5.91 Å². The molecule has 1 amide bonds. The van der Waals surface area contributed by atoms with Gasteiger partial charge in [0.15, 0.2) is 0 Å². The lowest BCUT2D eigenvalue weighted by Gasteiger charge is -2.41. The standard InChI is InChI=1S/C15H28N2O/c1-11(2)10-17(3)15(18)14-9-8-12-6-4-5-7-13(12)16-14/h11-14,16H,4-10H2,1-3H3. The minimum atomic E-state index is 0.0769. The Morgan fingerprint density at radius 2 is 1.94 bits per heavy atom. The van der Waals surface area contributed by atoms with Gasteiger partial charge in [0, 0.05) is 19.6 Å². The molecule has 1 saturated carbocycles. The number of carbonyl (C=O) groups excluding carboxylic acids is 1. The van der Waals surface area contributed by atoms with Crippen LogP contribution in [-0.4, -0.2) is 36.5 Å². The van der Waals surface area contributed by atoms with Crippen molar-refractivity contribution in [3.63, 3.8) is 0 Å². The zero-order valence-electron chi connectivity index (χ0n) is 12.1. The number of hydrogen-bond donors (Lipinski definition) is 1. The van der Waals surface area contributed by atoms with E-state index in [2.05, 4.69) is 19.2 Å². The van der Waals surface area contributed by atoms with Crippen LogP contribution in [0.5, 0.6) is 0 Å². The third kappa shape index (κ3) is 3.25. The number of likely N-dealkylation sites (N-methyl/N-ethyl adjacent to an activating group) is 1. The van der Waals surface area contributed by atoms with Crippen molar-refractivity contribution in [2.75, 3.05) is 13.6 Å². The zero-order chi connectivity index (χ0) is 13.1. The summed E-state index contributed by atoms with van der Waals surface area (Å²) in [6.07, 6.45) is 7.61. The Bertz CT molecular complexity index is 290. The molecule has 1 aliphatic heterocycles. The van der Waals surface area contributed by atoms with Crippen LogP contribution in [0, 0.1) is 11.8 Å². The van der Waals surface area contributed by atoms with Crippen LogP contribution >= 0.6 is 0 Å². The van der Waals surface area contributed by atoms with Crippen LogP contribution in [0.3, 0.4) is 0 Å². The first kappa shape index (κ1) is 13.9. The first-order valence-corrected chi connectivity index (χ1v) is 7.59. The van der Waals surface area contributed by atoms with Gasteiger partial charge in [-0.1, -0.05) is 26.7 Å². The molecule has 0 aromatic heterocycles. The number of nitrogens with one attached hydrogen (secondary N) is 1. The van der Waals surface area contributed by atoms with Crippen LogP contribution in [0.25, 0.3) is 0 Å². The average Bonchev–Trinajstić information content (AvgIpc) is 2.36. The summed E-state index contributed by atoms with van der Waals surface area (Å²) in [6.45, 7) is 5.19. The predicted octanol–water partition coefficient (Wildman–Crippen LogP) is 2.41. The molecule has 1 heterocycles. The van der Waals surface area contributed by atoms with Crippen molar-refractivity contribution < 1.29 is 4.79 Å². The van der Waals surface area contributed by atoms with Gasteiger partial charge in [-0.3, -0.25) is 4.79 Å². The fourth-order valence-electron chi connectivity index (χ4n) is 3.59. The number of rotatable bonds is 3. The van der Waals surface area contributed by atoms with Crippen molar-refractivity contribution in [3.8, 4) is 0 Å². The molecule has 3 unspecified atom stereocenters. The molecule has 1 aliphatic carbocycles. The second-order valence-electron chi connectivity index (χ2n) is 6.56. The maximum absolute atomic E-state index is 12.4. The number of fused-ring (bicyclic) bond motifs is 1. The summed E-state index contributed by atoms with van der Waals surface area (Å²) in [5.74, 6) is 1.68. The van der Waals surface area contributed by atoms with Crippen molar-refractivity contribution in [1.82, 2.24) is 10.2 Å². The van der Waals surface area contributed by atoms with Crippen LogP contribution in [0.15, 0.2) is 0 Å². The van der Waals surface area contributed by atoms with Gasteiger partial charge in [-0.2, -0.15) is 0 Å². The lowest BCUT2D eigenvalue weighted by molar-refractivity contribution is -0.134. The van der Waals surface area contributed by atoms with Gasteiger partial charge < -0.3 is 10.2 Å². The normalized spacial score (nSPS) is 32.1. The molecule has 0 bridgehead atoms. The second-order valence-corrected chi connectivity index (χ2v) is 6.56. The number of piperidine rings is 1. The van der Waals surface area contributed by atoms with Crippen molar-refractivity contribution in [1.29, 1.82) is 0 Å². The lowest BCUT2D eigenvalue weighted by Crippen LogP contribution is -2.55. The van der Waals surface area contributed by atoms with E-state index in [0.29, 0.717) is 17.9 Å². The molecule has 0 aromatic rings.